The molecule has 4 rings (SSSR count). The van der Waals surface area contributed by atoms with E-state index in [4.69, 9.17) is 9.84 Å². The van der Waals surface area contributed by atoms with Gasteiger partial charge in [0, 0.05) is 34.3 Å². The van der Waals surface area contributed by atoms with Crippen LogP contribution in [0.15, 0.2) is 71.8 Å². The van der Waals surface area contributed by atoms with Crippen molar-refractivity contribution >= 4 is 23.2 Å². The molecule has 0 saturated heterocycles. The van der Waals surface area contributed by atoms with Crippen molar-refractivity contribution < 1.29 is 9.53 Å². The first-order valence-electron chi connectivity index (χ1n) is 8.84. The van der Waals surface area contributed by atoms with E-state index in [2.05, 4.69) is 29.2 Å². The maximum absolute atomic E-state index is 11.8. The van der Waals surface area contributed by atoms with Gasteiger partial charge in [0.15, 0.2) is 0 Å². The lowest BCUT2D eigenvalue weighted by atomic mass is 10.0. The van der Waals surface area contributed by atoms with Crippen molar-refractivity contribution in [2.45, 2.75) is 11.3 Å². The van der Waals surface area contributed by atoms with Gasteiger partial charge in [-0.05, 0) is 30.5 Å². The molecule has 0 saturated carbocycles. The second-order valence-corrected chi connectivity index (χ2v) is 7.15. The van der Waals surface area contributed by atoms with Crippen LogP contribution in [-0.4, -0.2) is 33.9 Å². The zero-order valence-electron chi connectivity index (χ0n) is 15.6. The van der Waals surface area contributed by atoms with Gasteiger partial charge in [0.25, 0.3) is 0 Å². The molecule has 0 spiro atoms. The molecule has 0 aliphatic rings. The van der Waals surface area contributed by atoms with E-state index in [1.807, 2.05) is 47.3 Å². The second kappa shape index (κ2) is 7.86. The molecule has 0 N–H and O–H groups in total. The molecule has 0 amide bonds. The molecule has 4 aromatic rings. The van der Waals surface area contributed by atoms with Gasteiger partial charge < -0.3 is 4.74 Å². The highest BCUT2D eigenvalue weighted by Gasteiger charge is 2.17. The summed E-state index contributed by atoms with van der Waals surface area (Å²) < 4.78 is 6.72. The third-order valence-electron chi connectivity index (χ3n) is 4.55. The number of thioether (sulfide) groups is 1. The van der Waals surface area contributed by atoms with Gasteiger partial charge >= 0.3 is 5.97 Å². The summed E-state index contributed by atoms with van der Waals surface area (Å²) in [5.41, 5.74) is 5.18. The maximum Gasteiger partial charge on any atom is 0.356 e. The monoisotopic (exact) mass is 389 g/mol. The molecule has 28 heavy (non-hydrogen) atoms. The molecule has 6 heteroatoms. The van der Waals surface area contributed by atoms with Gasteiger partial charge in [0.1, 0.15) is 5.69 Å². The summed E-state index contributed by atoms with van der Waals surface area (Å²) in [5, 5.41) is 4.85. The molecule has 0 radical (unpaired) electrons. The van der Waals surface area contributed by atoms with Gasteiger partial charge in [-0.25, -0.2) is 14.3 Å². The Balaban J connectivity index is 1.84. The Kier molecular flexibility index (Phi) is 5.12. The first-order valence-corrected chi connectivity index (χ1v) is 10.1. The molecule has 0 aliphatic heterocycles. The summed E-state index contributed by atoms with van der Waals surface area (Å²) in [7, 11) is 1.36. The molecule has 0 bridgehead atoms. The van der Waals surface area contributed by atoms with Crippen LogP contribution in [0.2, 0.25) is 0 Å². The molecule has 1 aromatic carbocycles. The number of aromatic nitrogens is 3. The minimum Gasteiger partial charge on any atom is -0.464 e. The molecule has 3 aromatic heterocycles. The summed E-state index contributed by atoms with van der Waals surface area (Å²) in [4.78, 5) is 17.5. The first kappa shape index (κ1) is 18.3. The summed E-state index contributed by atoms with van der Waals surface area (Å²) >= 11 is 1.68. The molecule has 5 nitrogen and oxygen atoms in total. The highest BCUT2D eigenvalue weighted by Crippen LogP contribution is 2.29. The Morgan fingerprint density at radius 2 is 1.89 bits per heavy atom. The van der Waals surface area contributed by atoms with E-state index in [0.717, 1.165) is 32.9 Å². The lowest BCUT2D eigenvalue weighted by Gasteiger charge is -2.06. The Bertz CT molecular complexity index is 1140. The summed E-state index contributed by atoms with van der Waals surface area (Å²) in [6.45, 7) is 0. The average molecular weight is 389 g/mol. The van der Waals surface area contributed by atoms with E-state index in [0.29, 0.717) is 12.1 Å². The molecule has 0 unspecified atom stereocenters. The lowest BCUT2D eigenvalue weighted by Crippen LogP contribution is -2.06. The fourth-order valence-corrected chi connectivity index (χ4v) is 3.59. The molecular formula is C22H19N3O2S. The summed E-state index contributed by atoms with van der Waals surface area (Å²) in [5.74, 6) is -0.436. The average Bonchev–Trinajstić information content (AvgIpc) is 3.11. The van der Waals surface area contributed by atoms with E-state index in [-0.39, 0.29) is 0 Å². The smallest absolute Gasteiger partial charge is 0.356 e. The van der Waals surface area contributed by atoms with Crippen molar-refractivity contribution in [3.8, 4) is 11.3 Å². The third kappa shape index (κ3) is 3.51. The number of hydrogen-bond acceptors (Lipinski definition) is 5. The number of rotatable bonds is 5. The highest BCUT2D eigenvalue weighted by atomic mass is 32.2. The van der Waals surface area contributed by atoms with Crippen molar-refractivity contribution in [1.29, 1.82) is 0 Å². The van der Waals surface area contributed by atoms with Crippen LogP contribution >= 0.6 is 11.8 Å². The van der Waals surface area contributed by atoms with Gasteiger partial charge in [-0.3, -0.25) is 0 Å². The van der Waals surface area contributed by atoms with E-state index in [1.54, 1.807) is 17.8 Å². The number of carbonyl (C=O) groups excluding carboxylic acids is 1. The molecule has 0 fully saturated rings. The number of nitrogens with zero attached hydrogens (tertiary/aromatic N) is 3. The minimum absolute atomic E-state index is 0.308. The topological polar surface area (TPSA) is 56.5 Å². The largest absolute Gasteiger partial charge is 0.464 e. The van der Waals surface area contributed by atoms with Crippen LogP contribution in [0.3, 0.4) is 0 Å². The summed E-state index contributed by atoms with van der Waals surface area (Å²) in [6, 6.07) is 19.7. The third-order valence-corrected chi connectivity index (χ3v) is 5.26. The predicted molar refractivity (Wildman–Crippen MR) is 111 cm³/mol. The Morgan fingerprint density at radius 3 is 2.64 bits per heavy atom. The van der Waals surface area contributed by atoms with Crippen molar-refractivity contribution in [3.63, 3.8) is 0 Å². The molecule has 0 atom stereocenters. The maximum atomic E-state index is 11.8. The molecule has 3 heterocycles. The van der Waals surface area contributed by atoms with Crippen molar-refractivity contribution in [2.75, 3.05) is 13.4 Å². The van der Waals surface area contributed by atoms with Crippen molar-refractivity contribution in [3.05, 3.63) is 83.8 Å². The lowest BCUT2D eigenvalue weighted by molar-refractivity contribution is 0.0593. The number of benzene rings is 1. The number of esters is 1. The normalized spacial score (nSPS) is 10.9. The molecule has 140 valence electrons. The van der Waals surface area contributed by atoms with Gasteiger partial charge in [-0.2, -0.15) is 5.10 Å². The van der Waals surface area contributed by atoms with Crippen LogP contribution in [0.25, 0.3) is 16.8 Å². The van der Waals surface area contributed by atoms with Gasteiger partial charge in [-0.1, -0.05) is 36.4 Å². The molecular weight excluding hydrogens is 370 g/mol. The van der Waals surface area contributed by atoms with Crippen LogP contribution in [0.4, 0.5) is 0 Å². The van der Waals surface area contributed by atoms with Crippen molar-refractivity contribution in [1.82, 2.24) is 14.6 Å². The van der Waals surface area contributed by atoms with E-state index in [1.165, 1.54) is 7.11 Å². The first-order chi connectivity index (χ1) is 13.7. The van der Waals surface area contributed by atoms with Crippen LogP contribution < -0.4 is 0 Å². The number of ether oxygens (including phenoxy) is 1. The Labute approximate surface area is 167 Å². The predicted octanol–water partition coefficient (Wildman–Crippen LogP) is 4.50. The fourth-order valence-electron chi connectivity index (χ4n) is 3.18. The van der Waals surface area contributed by atoms with Crippen LogP contribution in [-0.2, 0) is 11.2 Å². The van der Waals surface area contributed by atoms with Crippen LogP contribution in [0.5, 0.6) is 0 Å². The van der Waals surface area contributed by atoms with Crippen LogP contribution in [0.1, 0.15) is 21.7 Å². The standard InChI is InChI=1S/C22H19N3O2S/c1-27-22(26)19-10-6-9-16(23-19)13-18-20-12-11-17(28-2)14-25(20)24-21(18)15-7-4-3-5-8-15/h3-12,14H,13H2,1-2H3. The van der Waals surface area contributed by atoms with Gasteiger partial charge in [0.05, 0.1) is 18.3 Å². The Morgan fingerprint density at radius 1 is 1.07 bits per heavy atom. The highest BCUT2D eigenvalue weighted by molar-refractivity contribution is 7.98. The number of pyridine rings is 2. The quantitative estimate of drug-likeness (QED) is 0.372. The van der Waals surface area contributed by atoms with E-state index in [9.17, 15) is 4.79 Å². The zero-order valence-corrected chi connectivity index (χ0v) is 16.4. The SMILES string of the molecule is COC(=O)c1cccc(Cc2c(-c3ccccc3)nn3cc(SC)ccc23)n1. The number of fused-ring (bicyclic) bond motifs is 1. The zero-order chi connectivity index (χ0) is 19.5. The second-order valence-electron chi connectivity index (χ2n) is 6.27. The van der Waals surface area contributed by atoms with Gasteiger partial charge in [-0.15, -0.1) is 11.8 Å². The minimum atomic E-state index is -0.436. The summed E-state index contributed by atoms with van der Waals surface area (Å²) in [6.07, 6.45) is 4.65. The van der Waals surface area contributed by atoms with Gasteiger partial charge in [0.2, 0.25) is 0 Å². The molecule has 0 aliphatic carbocycles. The van der Waals surface area contributed by atoms with Crippen molar-refractivity contribution in [2.24, 2.45) is 0 Å². The number of methoxy groups -OCH3 is 1. The number of hydrogen-bond donors (Lipinski definition) is 0. The van der Waals surface area contributed by atoms with Crippen LogP contribution in [0, 0.1) is 0 Å². The Hall–Kier alpha value is -3.12. The van der Waals surface area contributed by atoms with E-state index < -0.39 is 5.97 Å². The van der Waals surface area contributed by atoms with E-state index >= 15 is 0 Å². The number of carbonyl (C=O) groups is 1. The fraction of sp³-hybridized carbons (Fsp3) is 0.136.